The SMILES string of the molecule is Cc1[nH]c(=O)c(Nc2ccc(N3CCN(C)CC3)nn2)cc1-c1cc(F)cc(-n2ncc3c4c(sc3c2=O)CCCC4)c1CO. The van der Waals surface area contributed by atoms with E-state index in [1.807, 2.05) is 6.07 Å². The first-order valence-corrected chi connectivity index (χ1v) is 15.9. The number of hydrogen-bond acceptors (Lipinski definition) is 10. The summed E-state index contributed by atoms with van der Waals surface area (Å²) in [5, 5.41) is 27.5. The van der Waals surface area contributed by atoms with E-state index >= 15 is 4.39 Å². The van der Waals surface area contributed by atoms with Gasteiger partial charge in [-0.3, -0.25) is 9.59 Å². The smallest absolute Gasteiger partial charge is 0.289 e. The molecule has 232 valence electrons. The van der Waals surface area contributed by atoms with Crippen LogP contribution in [0.5, 0.6) is 0 Å². The first kappa shape index (κ1) is 29.3. The van der Waals surface area contributed by atoms with E-state index in [-0.39, 0.29) is 16.9 Å². The van der Waals surface area contributed by atoms with Crippen molar-refractivity contribution in [1.82, 2.24) is 29.9 Å². The summed E-state index contributed by atoms with van der Waals surface area (Å²) in [6.45, 7) is 4.80. The number of benzene rings is 1. The van der Waals surface area contributed by atoms with Crippen molar-refractivity contribution in [3.63, 3.8) is 0 Å². The summed E-state index contributed by atoms with van der Waals surface area (Å²) in [5.74, 6) is 0.525. The van der Waals surface area contributed by atoms with Gasteiger partial charge < -0.3 is 25.2 Å². The van der Waals surface area contributed by atoms with E-state index in [1.165, 1.54) is 38.6 Å². The second-order valence-electron chi connectivity index (χ2n) is 11.7. The molecule has 13 heteroatoms. The van der Waals surface area contributed by atoms with Gasteiger partial charge in [-0.1, -0.05) is 0 Å². The van der Waals surface area contributed by atoms with E-state index in [1.54, 1.807) is 25.3 Å². The Morgan fingerprint density at radius 2 is 1.84 bits per heavy atom. The van der Waals surface area contributed by atoms with E-state index in [4.69, 9.17) is 0 Å². The minimum atomic E-state index is -0.609. The Bertz CT molecular complexity index is 2030. The Hall–Kier alpha value is -4.46. The van der Waals surface area contributed by atoms with Crippen LogP contribution < -0.4 is 21.3 Å². The summed E-state index contributed by atoms with van der Waals surface area (Å²) in [7, 11) is 2.09. The molecule has 3 N–H and O–H groups in total. The number of aliphatic hydroxyl groups is 1. The minimum Gasteiger partial charge on any atom is -0.392 e. The zero-order valence-corrected chi connectivity index (χ0v) is 25.9. The predicted octanol–water partition coefficient (Wildman–Crippen LogP) is 3.91. The fourth-order valence-electron chi connectivity index (χ4n) is 6.27. The van der Waals surface area contributed by atoms with Gasteiger partial charge in [-0.15, -0.1) is 21.5 Å². The molecule has 7 rings (SSSR count). The number of aromatic amines is 1. The highest BCUT2D eigenvalue weighted by Crippen LogP contribution is 2.36. The standard InChI is InChI=1S/C32H33FN8O3S/c1-18-21(15-25(31(43)35-18)36-28-7-8-29(38-37-28)40-11-9-39(2)10-12-40)22-13-19(33)14-26(24(22)17-42)41-32(44)30-23(16-34-41)20-5-3-4-6-27(20)45-30/h7-8,13-16,42H,3-6,9-12,17H2,1-2H3,(H,35,43)(H,36,37). The number of nitrogens with zero attached hydrogens (tertiary/aromatic N) is 6. The summed E-state index contributed by atoms with van der Waals surface area (Å²) < 4.78 is 17.0. The highest BCUT2D eigenvalue weighted by Gasteiger charge is 2.23. The van der Waals surface area contributed by atoms with Gasteiger partial charge >= 0.3 is 0 Å². The molecule has 0 bridgehead atoms. The average Bonchev–Trinajstić information content (AvgIpc) is 3.43. The third-order valence-electron chi connectivity index (χ3n) is 8.75. The molecule has 4 aromatic heterocycles. The maximum atomic E-state index is 15.3. The van der Waals surface area contributed by atoms with Gasteiger partial charge in [-0.05, 0) is 75.0 Å². The van der Waals surface area contributed by atoms with Gasteiger partial charge in [-0.2, -0.15) is 9.78 Å². The molecule has 2 aliphatic rings. The molecule has 11 nitrogen and oxygen atoms in total. The Kier molecular flexibility index (Phi) is 7.68. The molecule has 5 heterocycles. The van der Waals surface area contributed by atoms with Crippen molar-refractivity contribution in [2.75, 3.05) is 43.4 Å². The van der Waals surface area contributed by atoms with Gasteiger partial charge in [0, 0.05) is 59.3 Å². The van der Waals surface area contributed by atoms with E-state index in [0.29, 0.717) is 32.9 Å². The molecule has 1 aliphatic heterocycles. The van der Waals surface area contributed by atoms with Crippen molar-refractivity contribution in [1.29, 1.82) is 0 Å². The topological polar surface area (TPSA) is 132 Å². The molecule has 0 amide bonds. The summed E-state index contributed by atoms with van der Waals surface area (Å²) in [5.41, 5.74) is 2.35. The monoisotopic (exact) mass is 628 g/mol. The number of aryl methyl sites for hydroxylation is 3. The molecule has 0 radical (unpaired) electrons. The number of pyridine rings is 1. The first-order chi connectivity index (χ1) is 21.8. The lowest BCUT2D eigenvalue weighted by Gasteiger charge is -2.32. The molecule has 45 heavy (non-hydrogen) atoms. The maximum Gasteiger partial charge on any atom is 0.289 e. The van der Waals surface area contributed by atoms with Crippen molar-refractivity contribution >= 4 is 38.7 Å². The molecule has 5 aromatic rings. The van der Waals surface area contributed by atoms with Crippen LogP contribution in [-0.2, 0) is 19.4 Å². The summed E-state index contributed by atoms with van der Waals surface area (Å²) >= 11 is 1.48. The Labute approximate surface area is 262 Å². The number of aliphatic hydroxyl groups excluding tert-OH is 1. The third kappa shape index (κ3) is 5.40. The van der Waals surface area contributed by atoms with Crippen molar-refractivity contribution in [2.45, 2.75) is 39.2 Å². The molecule has 0 spiro atoms. The number of likely N-dealkylation sites (N-methyl/N-ethyl adjacent to an activating group) is 1. The van der Waals surface area contributed by atoms with Gasteiger partial charge in [-0.25, -0.2) is 4.39 Å². The number of H-pyrrole nitrogens is 1. The fraction of sp³-hybridized carbons (Fsp3) is 0.344. The van der Waals surface area contributed by atoms with Crippen LogP contribution in [0.25, 0.3) is 26.9 Å². The molecule has 1 aromatic carbocycles. The van der Waals surface area contributed by atoms with Gasteiger partial charge in [0.15, 0.2) is 11.6 Å². The second kappa shape index (κ2) is 11.8. The molecular formula is C32H33FN8O3S. The fourth-order valence-corrected chi connectivity index (χ4v) is 7.56. The lowest BCUT2D eigenvalue weighted by molar-refractivity contribution is 0.281. The van der Waals surface area contributed by atoms with Crippen LogP contribution in [-0.4, -0.2) is 68.2 Å². The number of fused-ring (bicyclic) bond motifs is 3. The number of rotatable bonds is 6. The van der Waals surface area contributed by atoms with Crippen molar-refractivity contribution in [3.8, 4) is 16.8 Å². The van der Waals surface area contributed by atoms with E-state index in [9.17, 15) is 14.7 Å². The Morgan fingerprint density at radius 1 is 1.04 bits per heavy atom. The van der Waals surface area contributed by atoms with Crippen LogP contribution in [0.15, 0.2) is 46.1 Å². The predicted molar refractivity (Wildman–Crippen MR) is 174 cm³/mol. The molecule has 0 unspecified atom stereocenters. The first-order valence-electron chi connectivity index (χ1n) is 15.1. The highest BCUT2D eigenvalue weighted by molar-refractivity contribution is 7.19. The number of halogens is 1. The van der Waals surface area contributed by atoms with Crippen LogP contribution in [0.3, 0.4) is 0 Å². The van der Waals surface area contributed by atoms with Crippen molar-refractivity contribution in [2.24, 2.45) is 0 Å². The van der Waals surface area contributed by atoms with Crippen LogP contribution in [0.1, 0.15) is 34.5 Å². The van der Waals surface area contributed by atoms with E-state index in [0.717, 1.165) is 63.1 Å². The zero-order chi connectivity index (χ0) is 31.2. The molecule has 0 saturated carbocycles. The highest BCUT2D eigenvalue weighted by atomic mass is 32.1. The summed E-state index contributed by atoms with van der Waals surface area (Å²) in [6, 6.07) is 7.71. The number of anilines is 3. The van der Waals surface area contributed by atoms with Gasteiger partial charge in [0.05, 0.1) is 18.5 Å². The van der Waals surface area contributed by atoms with Gasteiger partial charge in [0.1, 0.15) is 16.2 Å². The largest absolute Gasteiger partial charge is 0.392 e. The number of piperazine rings is 1. The summed E-state index contributed by atoms with van der Waals surface area (Å²) in [6.07, 6.45) is 5.70. The maximum absolute atomic E-state index is 15.3. The van der Waals surface area contributed by atoms with Crippen LogP contribution >= 0.6 is 11.3 Å². The Balaban J connectivity index is 1.26. The number of hydrogen-bond donors (Lipinski definition) is 3. The van der Waals surface area contributed by atoms with E-state index < -0.39 is 18.0 Å². The molecule has 0 atom stereocenters. The van der Waals surface area contributed by atoms with Gasteiger partial charge in [0.25, 0.3) is 11.1 Å². The van der Waals surface area contributed by atoms with Crippen LogP contribution in [0, 0.1) is 12.7 Å². The summed E-state index contributed by atoms with van der Waals surface area (Å²) in [4.78, 5) is 35.1. The van der Waals surface area contributed by atoms with Gasteiger partial charge in [0.2, 0.25) is 0 Å². The normalized spacial score (nSPS) is 15.4. The molecular weight excluding hydrogens is 595 g/mol. The second-order valence-corrected chi connectivity index (χ2v) is 12.8. The zero-order valence-electron chi connectivity index (χ0n) is 25.1. The molecule has 1 saturated heterocycles. The van der Waals surface area contributed by atoms with Crippen molar-refractivity contribution < 1.29 is 9.50 Å². The van der Waals surface area contributed by atoms with Crippen molar-refractivity contribution in [3.05, 3.63) is 84.8 Å². The quantitative estimate of drug-likeness (QED) is 0.256. The lowest BCUT2D eigenvalue weighted by Crippen LogP contribution is -2.44. The Morgan fingerprint density at radius 3 is 2.60 bits per heavy atom. The number of thiophene rings is 1. The number of aromatic nitrogens is 5. The third-order valence-corrected chi connectivity index (χ3v) is 10.0. The molecule has 1 aliphatic carbocycles. The minimum absolute atomic E-state index is 0.149. The average molecular weight is 629 g/mol. The van der Waals surface area contributed by atoms with Crippen LogP contribution in [0.2, 0.25) is 0 Å². The number of nitrogens with one attached hydrogen (secondary N) is 2. The van der Waals surface area contributed by atoms with E-state index in [2.05, 4.69) is 42.4 Å². The lowest BCUT2D eigenvalue weighted by atomic mass is 9.96. The van der Waals surface area contributed by atoms with Crippen LogP contribution in [0.4, 0.5) is 21.7 Å². The molecule has 1 fully saturated rings.